The summed E-state index contributed by atoms with van der Waals surface area (Å²) in [6, 6.07) is 3.78. The fourth-order valence-corrected chi connectivity index (χ4v) is 1.66. The molecule has 0 aromatic heterocycles. The van der Waals surface area contributed by atoms with E-state index in [2.05, 4.69) is 10.6 Å². The smallest absolute Gasteiger partial charge is 0.350 e. The van der Waals surface area contributed by atoms with Gasteiger partial charge in [0.15, 0.2) is 0 Å². The highest BCUT2D eigenvalue weighted by Gasteiger charge is 2.29. The molecular formula is C15H21ClF3N3O2. The van der Waals surface area contributed by atoms with Crippen molar-refractivity contribution in [2.75, 3.05) is 6.54 Å². The van der Waals surface area contributed by atoms with Crippen LogP contribution < -0.4 is 16.4 Å². The van der Waals surface area contributed by atoms with Gasteiger partial charge in [0.05, 0.1) is 18.2 Å². The summed E-state index contributed by atoms with van der Waals surface area (Å²) in [5.41, 5.74) is 5.40. The summed E-state index contributed by atoms with van der Waals surface area (Å²) in [6.45, 7) is 3.41. The number of nitrogens with two attached hydrogens (primary N) is 1. The highest BCUT2D eigenvalue weighted by Crippen LogP contribution is 2.28. The largest absolute Gasteiger partial charge is 0.416 e. The van der Waals surface area contributed by atoms with Gasteiger partial charge >= 0.3 is 6.18 Å². The molecule has 5 nitrogen and oxygen atoms in total. The van der Waals surface area contributed by atoms with Crippen molar-refractivity contribution < 1.29 is 22.8 Å². The Bertz CT molecular complexity index is 548. The SMILES string of the molecule is CC(C)[C@H](N)C(=O)NCC(=O)NCc1ccc(C(F)(F)F)cc1.Cl. The minimum Gasteiger partial charge on any atom is -0.350 e. The van der Waals surface area contributed by atoms with Gasteiger partial charge in [-0.3, -0.25) is 9.59 Å². The van der Waals surface area contributed by atoms with Crippen LogP contribution in [0.3, 0.4) is 0 Å². The molecule has 136 valence electrons. The maximum absolute atomic E-state index is 12.4. The van der Waals surface area contributed by atoms with Crippen LogP contribution in [-0.4, -0.2) is 24.4 Å². The van der Waals surface area contributed by atoms with Crippen LogP contribution in [-0.2, 0) is 22.3 Å². The Labute approximate surface area is 144 Å². The molecule has 1 aromatic rings. The summed E-state index contributed by atoms with van der Waals surface area (Å²) in [4.78, 5) is 23.2. The van der Waals surface area contributed by atoms with E-state index in [1.165, 1.54) is 12.1 Å². The highest BCUT2D eigenvalue weighted by atomic mass is 35.5. The van der Waals surface area contributed by atoms with Gasteiger partial charge in [-0.1, -0.05) is 26.0 Å². The van der Waals surface area contributed by atoms with Crippen LogP contribution in [0.4, 0.5) is 13.2 Å². The van der Waals surface area contributed by atoms with Gasteiger partial charge in [-0.15, -0.1) is 12.4 Å². The number of amides is 2. The van der Waals surface area contributed by atoms with Gasteiger partial charge in [-0.25, -0.2) is 0 Å². The number of hydrogen-bond acceptors (Lipinski definition) is 3. The summed E-state index contributed by atoms with van der Waals surface area (Å²) in [5, 5.41) is 4.91. The van der Waals surface area contributed by atoms with Crippen molar-refractivity contribution in [3.63, 3.8) is 0 Å². The first kappa shape index (κ1) is 22.2. The van der Waals surface area contributed by atoms with Crippen molar-refractivity contribution >= 4 is 24.2 Å². The monoisotopic (exact) mass is 367 g/mol. The van der Waals surface area contributed by atoms with Crippen LogP contribution in [0.1, 0.15) is 25.0 Å². The number of carbonyl (C=O) groups is 2. The lowest BCUT2D eigenvalue weighted by Gasteiger charge is -2.15. The second kappa shape index (κ2) is 9.48. The average molecular weight is 368 g/mol. The first-order valence-electron chi connectivity index (χ1n) is 7.07. The zero-order valence-electron chi connectivity index (χ0n) is 13.3. The lowest BCUT2D eigenvalue weighted by Crippen LogP contribution is -2.47. The molecule has 2 amide bonds. The molecule has 4 N–H and O–H groups in total. The molecule has 0 spiro atoms. The molecule has 0 heterocycles. The summed E-state index contributed by atoms with van der Waals surface area (Å²) in [6.07, 6.45) is -4.39. The zero-order chi connectivity index (χ0) is 17.6. The lowest BCUT2D eigenvalue weighted by molar-refractivity contribution is -0.137. The van der Waals surface area contributed by atoms with Gasteiger partial charge in [0.25, 0.3) is 0 Å². The minimum absolute atomic E-state index is 0. The normalized spacial score (nSPS) is 12.3. The van der Waals surface area contributed by atoms with E-state index in [1.807, 2.05) is 0 Å². The molecule has 1 aromatic carbocycles. The Hall–Kier alpha value is -1.80. The van der Waals surface area contributed by atoms with Crippen molar-refractivity contribution in [1.82, 2.24) is 10.6 Å². The molecule has 0 aliphatic carbocycles. The third-order valence-corrected chi connectivity index (χ3v) is 3.22. The van der Waals surface area contributed by atoms with Crippen LogP contribution in [0.25, 0.3) is 0 Å². The Morgan fingerprint density at radius 3 is 2.12 bits per heavy atom. The molecule has 0 aliphatic rings. The van der Waals surface area contributed by atoms with Crippen molar-refractivity contribution in [3.05, 3.63) is 35.4 Å². The summed E-state index contributed by atoms with van der Waals surface area (Å²) in [7, 11) is 0. The Kier molecular flexibility index (Phi) is 8.77. The molecule has 0 fully saturated rings. The van der Waals surface area contributed by atoms with Gasteiger partial charge in [-0.2, -0.15) is 13.2 Å². The van der Waals surface area contributed by atoms with E-state index in [-0.39, 0.29) is 31.4 Å². The molecular weight excluding hydrogens is 347 g/mol. The van der Waals surface area contributed by atoms with Gasteiger partial charge < -0.3 is 16.4 Å². The predicted octanol–water partition coefficient (Wildman–Crippen LogP) is 1.84. The van der Waals surface area contributed by atoms with Crippen LogP contribution in [0.15, 0.2) is 24.3 Å². The Morgan fingerprint density at radius 2 is 1.67 bits per heavy atom. The molecule has 1 rings (SSSR count). The number of alkyl halides is 3. The van der Waals surface area contributed by atoms with Crippen molar-refractivity contribution in [1.29, 1.82) is 0 Å². The molecule has 0 aliphatic heterocycles. The first-order valence-corrected chi connectivity index (χ1v) is 7.07. The molecule has 0 radical (unpaired) electrons. The number of carbonyl (C=O) groups excluding carboxylic acids is 2. The topological polar surface area (TPSA) is 84.2 Å². The van der Waals surface area contributed by atoms with E-state index in [4.69, 9.17) is 5.73 Å². The second-order valence-electron chi connectivity index (χ2n) is 5.46. The molecule has 0 unspecified atom stereocenters. The van der Waals surface area contributed by atoms with E-state index in [0.29, 0.717) is 5.56 Å². The first-order chi connectivity index (χ1) is 10.6. The van der Waals surface area contributed by atoms with Crippen LogP contribution in [0.2, 0.25) is 0 Å². The van der Waals surface area contributed by atoms with Crippen molar-refractivity contribution in [2.45, 2.75) is 32.6 Å². The highest BCUT2D eigenvalue weighted by molar-refractivity contribution is 5.87. The third-order valence-electron chi connectivity index (χ3n) is 3.22. The number of benzene rings is 1. The van der Waals surface area contributed by atoms with Crippen LogP contribution in [0, 0.1) is 5.92 Å². The van der Waals surface area contributed by atoms with Gasteiger partial charge in [0.1, 0.15) is 0 Å². The number of nitrogens with one attached hydrogen (secondary N) is 2. The predicted molar refractivity (Wildman–Crippen MR) is 86.4 cm³/mol. The van der Waals surface area contributed by atoms with E-state index < -0.39 is 29.6 Å². The Morgan fingerprint density at radius 1 is 1.12 bits per heavy atom. The summed E-state index contributed by atoms with van der Waals surface area (Å²) in [5.74, 6) is -0.927. The fraction of sp³-hybridized carbons (Fsp3) is 0.467. The number of hydrogen-bond donors (Lipinski definition) is 3. The van der Waals surface area contributed by atoms with Crippen LogP contribution in [0.5, 0.6) is 0 Å². The van der Waals surface area contributed by atoms with E-state index in [0.717, 1.165) is 12.1 Å². The minimum atomic E-state index is -4.39. The maximum atomic E-state index is 12.4. The van der Waals surface area contributed by atoms with Crippen LogP contribution >= 0.6 is 12.4 Å². The van der Waals surface area contributed by atoms with E-state index in [9.17, 15) is 22.8 Å². The van der Waals surface area contributed by atoms with Gasteiger partial charge in [0, 0.05) is 6.54 Å². The standard InChI is InChI=1S/C15H20F3N3O2.ClH/c1-9(2)13(19)14(23)21-8-12(22)20-7-10-3-5-11(6-4-10)15(16,17)18;/h3-6,9,13H,7-8,19H2,1-2H3,(H,20,22)(H,21,23);1H/t13-;/m0./s1. The molecule has 0 saturated heterocycles. The second-order valence-corrected chi connectivity index (χ2v) is 5.46. The molecule has 24 heavy (non-hydrogen) atoms. The third kappa shape index (κ3) is 7.18. The molecule has 0 saturated carbocycles. The molecule has 1 atom stereocenters. The maximum Gasteiger partial charge on any atom is 0.416 e. The fourth-order valence-electron chi connectivity index (χ4n) is 1.66. The van der Waals surface area contributed by atoms with Crippen molar-refractivity contribution in [2.24, 2.45) is 11.7 Å². The zero-order valence-corrected chi connectivity index (χ0v) is 14.1. The van der Waals surface area contributed by atoms with Gasteiger partial charge in [0.2, 0.25) is 11.8 Å². The quantitative estimate of drug-likeness (QED) is 0.717. The van der Waals surface area contributed by atoms with Crippen molar-refractivity contribution in [3.8, 4) is 0 Å². The lowest BCUT2D eigenvalue weighted by atomic mass is 10.1. The molecule has 0 bridgehead atoms. The van der Waals surface area contributed by atoms with E-state index >= 15 is 0 Å². The molecule has 9 heteroatoms. The summed E-state index contributed by atoms with van der Waals surface area (Å²) >= 11 is 0. The number of rotatable bonds is 6. The van der Waals surface area contributed by atoms with Gasteiger partial charge in [-0.05, 0) is 23.6 Å². The average Bonchev–Trinajstić information content (AvgIpc) is 2.49. The van der Waals surface area contributed by atoms with E-state index in [1.54, 1.807) is 13.8 Å². The summed E-state index contributed by atoms with van der Waals surface area (Å²) < 4.78 is 37.2. The Balaban J connectivity index is 0.00000529. The number of halogens is 4.